The van der Waals surface area contributed by atoms with E-state index in [9.17, 15) is 13.2 Å². The topological polar surface area (TPSA) is 35.2 Å². The normalized spacial score (nSPS) is 12.2. The molecule has 0 spiro atoms. The van der Waals surface area contributed by atoms with Crippen LogP contribution in [0, 0.1) is 17.5 Å². The lowest BCUT2D eigenvalue weighted by atomic mass is 9.99. The average molecular weight is 281 g/mol. The minimum absolute atomic E-state index is 0.0419. The highest BCUT2D eigenvalue weighted by molar-refractivity contribution is 5.30. The Morgan fingerprint density at radius 2 is 1.65 bits per heavy atom. The molecule has 2 N–H and O–H groups in total. The van der Waals surface area contributed by atoms with Gasteiger partial charge in [0, 0.05) is 11.6 Å². The first kappa shape index (κ1) is 14.4. The van der Waals surface area contributed by atoms with E-state index >= 15 is 0 Å². The monoisotopic (exact) mass is 281 g/mol. The lowest BCUT2D eigenvalue weighted by Crippen LogP contribution is -2.16. The van der Waals surface area contributed by atoms with Gasteiger partial charge in [-0.15, -0.1) is 0 Å². The molecule has 0 aliphatic carbocycles. The van der Waals surface area contributed by atoms with E-state index in [0.29, 0.717) is 12.2 Å². The molecule has 0 aromatic heterocycles. The predicted octanol–water partition coefficient (Wildman–Crippen LogP) is 3.36. The van der Waals surface area contributed by atoms with Gasteiger partial charge >= 0.3 is 0 Å². The van der Waals surface area contributed by atoms with E-state index in [-0.39, 0.29) is 5.56 Å². The molecule has 0 aliphatic rings. The van der Waals surface area contributed by atoms with Crippen LogP contribution in [0.1, 0.15) is 17.2 Å². The molecular formula is C15H14F3NO. The van der Waals surface area contributed by atoms with E-state index in [4.69, 9.17) is 10.5 Å². The number of halogens is 3. The van der Waals surface area contributed by atoms with E-state index < -0.39 is 23.5 Å². The molecule has 0 aliphatic heterocycles. The smallest absolute Gasteiger partial charge is 0.194 e. The summed E-state index contributed by atoms with van der Waals surface area (Å²) in [5, 5.41) is 0. The highest BCUT2D eigenvalue weighted by Gasteiger charge is 2.18. The van der Waals surface area contributed by atoms with Crippen molar-refractivity contribution >= 4 is 0 Å². The summed E-state index contributed by atoms with van der Waals surface area (Å²) in [6, 6.07) is 8.38. The van der Waals surface area contributed by atoms with Crippen LogP contribution in [-0.4, -0.2) is 7.11 Å². The van der Waals surface area contributed by atoms with Gasteiger partial charge in [0.25, 0.3) is 0 Å². The van der Waals surface area contributed by atoms with Crippen LogP contribution in [0.4, 0.5) is 13.2 Å². The van der Waals surface area contributed by atoms with Gasteiger partial charge in [-0.3, -0.25) is 0 Å². The number of rotatable bonds is 4. The van der Waals surface area contributed by atoms with Gasteiger partial charge in [0.15, 0.2) is 17.5 Å². The highest BCUT2D eigenvalue weighted by Crippen LogP contribution is 2.23. The maximum atomic E-state index is 13.6. The van der Waals surface area contributed by atoms with Crippen LogP contribution in [-0.2, 0) is 6.42 Å². The van der Waals surface area contributed by atoms with Crippen LogP contribution < -0.4 is 10.5 Å². The quantitative estimate of drug-likeness (QED) is 0.872. The molecule has 1 unspecified atom stereocenters. The fraction of sp³-hybridized carbons (Fsp3) is 0.200. The van der Waals surface area contributed by atoms with Gasteiger partial charge in [0.05, 0.1) is 7.11 Å². The van der Waals surface area contributed by atoms with E-state index in [0.717, 1.165) is 11.6 Å². The molecule has 0 radical (unpaired) electrons. The molecule has 0 saturated carbocycles. The Bertz CT molecular complexity index is 599. The number of hydrogen-bond donors (Lipinski definition) is 1. The van der Waals surface area contributed by atoms with Crippen molar-refractivity contribution in [1.82, 2.24) is 0 Å². The largest absolute Gasteiger partial charge is 0.497 e. The molecule has 2 nitrogen and oxygen atoms in total. The van der Waals surface area contributed by atoms with Crippen molar-refractivity contribution < 1.29 is 17.9 Å². The summed E-state index contributed by atoms with van der Waals surface area (Å²) in [5.74, 6) is -3.25. The van der Waals surface area contributed by atoms with Gasteiger partial charge in [0.2, 0.25) is 0 Å². The fourth-order valence-corrected chi connectivity index (χ4v) is 1.95. The van der Waals surface area contributed by atoms with Crippen LogP contribution in [0.15, 0.2) is 36.4 Å². The van der Waals surface area contributed by atoms with E-state index in [1.54, 1.807) is 31.4 Å². The summed E-state index contributed by atoms with van der Waals surface area (Å²) >= 11 is 0. The molecule has 0 fully saturated rings. The molecule has 2 aromatic carbocycles. The Hall–Kier alpha value is -2.01. The molecule has 1 atom stereocenters. The number of hydrogen-bond acceptors (Lipinski definition) is 2. The third kappa shape index (κ3) is 2.93. The second-order valence-corrected chi connectivity index (χ2v) is 4.42. The molecule has 2 rings (SSSR count). The van der Waals surface area contributed by atoms with Crippen molar-refractivity contribution in [2.75, 3.05) is 7.11 Å². The molecular weight excluding hydrogens is 267 g/mol. The Balaban J connectivity index is 2.19. The standard InChI is InChI=1S/C15H14F3NO/c1-20-10-4-2-9(3-5-10)8-13(19)11-6-7-12(16)15(18)14(11)17/h2-7,13H,8,19H2,1H3. The SMILES string of the molecule is COc1ccc(CC(N)c2ccc(F)c(F)c2F)cc1. The molecule has 2 aromatic rings. The zero-order valence-corrected chi connectivity index (χ0v) is 10.9. The predicted molar refractivity (Wildman–Crippen MR) is 69.9 cm³/mol. The van der Waals surface area contributed by atoms with Crippen LogP contribution >= 0.6 is 0 Å². The van der Waals surface area contributed by atoms with E-state index in [2.05, 4.69) is 0 Å². The molecule has 20 heavy (non-hydrogen) atoms. The van der Waals surface area contributed by atoms with E-state index in [1.165, 1.54) is 6.07 Å². The van der Waals surface area contributed by atoms with Crippen LogP contribution in [0.2, 0.25) is 0 Å². The number of methoxy groups -OCH3 is 1. The Morgan fingerprint density at radius 3 is 2.25 bits per heavy atom. The zero-order chi connectivity index (χ0) is 14.7. The van der Waals surface area contributed by atoms with Crippen molar-refractivity contribution in [1.29, 1.82) is 0 Å². The second-order valence-electron chi connectivity index (χ2n) is 4.42. The maximum Gasteiger partial charge on any atom is 0.194 e. The van der Waals surface area contributed by atoms with Crippen LogP contribution in [0.25, 0.3) is 0 Å². The van der Waals surface area contributed by atoms with Gasteiger partial charge < -0.3 is 10.5 Å². The molecule has 0 bridgehead atoms. The number of benzene rings is 2. The molecule has 5 heteroatoms. The first-order valence-corrected chi connectivity index (χ1v) is 6.05. The molecule has 0 heterocycles. The van der Waals surface area contributed by atoms with Gasteiger partial charge in [-0.2, -0.15) is 0 Å². The van der Waals surface area contributed by atoms with Crippen LogP contribution in [0.3, 0.4) is 0 Å². The van der Waals surface area contributed by atoms with E-state index in [1.807, 2.05) is 0 Å². The summed E-state index contributed by atoms with van der Waals surface area (Å²) in [4.78, 5) is 0. The van der Waals surface area contributed by atoms with Crippen molar-refractivity contribution in [3.8, 4) is 5.75 Å². The lowest BCUT2D eigenvalue weighted by molar-refractivity contribution is 0.414. The Kier molecular flexibility index (Phi) is 4.29. The first-order chi connectivity index (χ1) is 9.52. The van der Waals surface area contributed by atoms with Crippen molar-refractivity contribution in [2.45, 2.75) is 12.5 Å². The number of nitrogens with two attached hydrogens (primary N) is 1. The Morgan fingerprint density at radius 1 is 1.00 bits per heavy atom. The average Bonchev–Trinajstić information content (AvgIpc) is 2.45. The summed E-state index contributed by atoms with van der Waals surface area (Å²) in [6.07, 6.45) is 0.311. The summed E-state index contributed by atoms with van der Waals surface area (Å²) < 4.78 is 44.7. The summed E-state index contributed by atoms with van der Waals surface area (Å²) in [7, 11) is 1.55. The summed E-state index contributed by atoms with van der Waals surface area (Å²) in [5.41, 5.74) is 6.66. The van der Waals surface area contributed by atoms with Crippen molar-refractivity contribution in [3.05, 3.63) is 65.0 Å². The fourth-order valence-electron chi connectivity index (χ4n) is 1.95. The van der Waals surface area contributed by atoms with Gasteiger partial charge in [-0.1, -0.05) is 18.2 Å². The second kappa shape index (κ2) is 5.96. The third-order valence-electron chi connectivity index (χ3n) is 3.08. The molecule has 106 valence electrons. The lowest BCUT2D eigenvalue weighted by Gasteiger charge is -2.14. The minimum Gasteiger partial charge on any atom is -0.497 e. The van der Waals surface area contributed by atoms with Crippen molar-refractivity contribution in [2.24, 2.45) is 5.73 Å². The Labute approximate surface area is 115 Å². The highest BCUT2D eigenvalue weighted by atomic mass is 19.2. The molecule has 0 saturated heterocycles. The summed E-state index contributed by atoms with van der Waals surface area (Å²) in [6.45, 7) is 0. The molecule has 0 amide bonds. The van der Waals surface area contributed by atoms with Gasteiger partial charge in [-0.25, -0.2) is 13.2 Å². The first-order valence-electron chi connectivity index (χ1n) is 6.05. The third-order valence-corrected chi connectivity index (χ3v) is 3.08. The minimum atomic E-state index is -1.49. The van der Waals surface area contributed by atoms with Crippen LogP contribution in [0.5, 0.6) is 5.75 Å². The zero-order valence-electron chi connectivity index (χ0n) is 10.9. The van der Waals surface area contributed by atoms with Gasteiger partial charge in [-0.05, 0) is 30.2 Å². The number of ether oxygens (including phenoxy) is 1. The van der Waals surface area contributed by atoms with Crippen molar-refractivity contribution in [3.63, 3.8) is 0 Å². The van der Waals surface area contributed by atoms with Gasteiger partial charge in [0.1, 0.15) is 5.75 Å². The maximum absolute atomic E-state index is 13.6.